The Bertz CT molecular complexity index is 636. The summed E-state index contributed by atoms with van der Waals surface area (Å²) in [6, 6.07) is 23.2. The Morgan fingerprint density at radius 1 is 0.667 bits per heavy atom. The molecule has 3 rings (SSSR count). The van der Waals surface area contributed by atoms with E-state index in [9.17, 15) is 0 Å². The van der Waals surface area contributed by atoms with Gasteiger partial charge in [0.25, 0.3) is 0 Å². The van der Waals surface area contributed by atoms with Crippen molar-refractivity contribution in [2.45, 2.75) is 0 Å². The molecular formula is C17H15N. The first kappa shape index (κ1) is 10.8. The van der Waals surface area contributed by atoms with Crippen molar-refractivity contribution in [2.24, 2.45) is 7.05 Å². The van der Waals surface area contributed by atoms with Crippen LogP contribution in [0.2, 0.25) is 0 Å². The number of nitrogens with zero attached hydrogens (tertiary/aromatic N) is 1. The van der Waals surface area contributed by atoms with Gasteiger partial charge in [0, 0.05) is 18.9 Å². The Hall–Kier alpha value is -2.28. The molecule has 0 aliphatic carbocycles. The largest absolute Gasteiger partial charge is 0.350 e. The first-order chi connectivity index (χ1) is 8.84. The van der Waals surface area contributed by atoms with Crippen molar-refractivity contribution in [3.63, 3.8) is 0 Å². The normalized spacial score (nSPS) is 10.5. The average Bonchev–Trinajstić information content (AvgIpc) is 2.83. The molecule has 1 heterocycles. The van der Waals surface area contributed by atoms with Crippen LogP contribution in [0.1, 0.15) is 0 Å². The van der Waals surface area contributed by atoms with E-state index in [1.54, 1.807) is 0 Å². The number of benzene rings is 2. The molecule has 0 bridgehead atoms. The van der Waals surface area contributed by atoms with Crippen molar-refractivity contribution in [3.8, 4) is 22.4 Å². The monoisotopic (exact) mass is 233 g/mol. The van der Waals surface area contributed by atoms with Crippen molar-refractivity contribution in [3.05, 3.63) is 72.9 Å². The zero-order chi connectivity index (χ0) is 12.4. The molecule has 0 aliphatic heterocycles. The molecule has 0 atom stereocenters. The minimum absolute atomic E-state index is 1.24. The maximum atomic E-state index is 2.24. The molecule has 0 unspecified atom stereocenters. The summed E-state index contributed by atoms with van der Waals surface area (Å²) in [5.74, 6) is 0. The molecule has 2 aromatic carbocycles. The van der Waals surface area contributed by atoms with Crippen LogP contribution < -0.4 is 0 Å². The van der Waals surface area contributed by atoms with Gasteiger partial charge in [-0.3, -0.25) is 0 Å². The number of aryl methyl sites for hydroxylation is 1. The molecule has 0 spiro atoms. The summed E-state index contributed by atoms with van der Waals surface area (Å²) in [5, 5.41) is 0. The molecule has 3 aromatic rings. The summed E-state index contributed by atoms with van der Waals surface area (Å²) in [6.45, 7) is 0. The molecule has 18 heavy (non-hydrogen) atoms. The Kier molecular flexibility index (Phi) is 2.73. The van der Waals surface area contributed by atoms with E-state index >= 15 is 0 Å². The Balaban J connectivity index is 2.07. The topological polar surface area (TPSA) is 4.93 Å². The van der Waals surface area contributed by atoms with Gasteiger partial charge in [-0.15, -0.1) is 0 Å². The Labute approximate surface area is 107 Å². The van der Waals surface area contributed by atoms with Crippen molar-refractivity contribution in [1.82, 2.24) is 4.57 Å². The van der Waals surface area contributed by atoms with E-state index < -0.39 is 0 Å². The van der Waals surface area contributed by atoms with Crippen LogP contribution in [0.25, 0.3) is 22.4 Å². The number of hydrogen-bond donors (Lipinski definition) is 0. The molecule has 0 amide bonds. The first-order valence-corrected chi connectivity index (χ1v) is 6.12. The molecule has 1 nitrogen and oxygen atoms in total. The van der Waals surface area contributed by atoms with E-state index in [4.69, 9.17) is 0 Å². The van der Waals surface area contributed by atoms with Crippen molar-refractivity contribution in [1.29, 1.82) is 0 Å². The summed E-state index contributed by atoms with van der Waals surface area (Å²) in [6.07, 6.45) is 2.18. The zero-order valence-corrected chi connectivity index (χ0v) is 10.4. The van der Waals surface area contributed by atoms with E-state index in [0.29, 0.717) is 0 Å². The highest BCUT2D eigenvalue weighted by Crippen LogP contribution is 2.27. The summed E-state index contributed by atoms with van der Waals surface area (Å²) in [7, 11) is 2.09. The third-order valence-corrected chi connectivity index (χ3v) is 3.18. The van der Waals surface area contributed by atoms with E-state index in [0.717, 1.165) is 0 Å². The van der Waals surface area contributed by atoms with Crippen molar-refractivity contribution >= 4 is 0 Å². The van der Waals surface area contributed by atoms with Gasteiger partial charge in [0.2, 0.25) is 0 Å². The number of aromatic nitrogens is 1. The third-order valence-electron chi connectivity index (χ3n) is 3.18. The highest BCUT2D eigenvalue weighted by Gasteiger charge is 2.06. The molecule has 1 aromatic heterocycles. The zero-order valence-electron chi connectivity index (χ0n) is 10.4. The summed E-state index contributed by atoms with van der Waals surface area (Å²) in [4.78, 5) is 0. The fourth-order valence-electron chi connectivity index (χ4n) is 2.25. The van der Waals surface area contributed by atoms with Crippen LogP contribution in [-0.2, 0) is 7.05 Å². The van der Waals surface area contributed by atoms with Crippen molar-refractivity contribution in [2.75, 3.05) is 0 Å². The molecular weight excluding hydrogens is 218 g/mol. The lowest BCUT2D eigenvalue weighted by atomic mass is 10.1. The summed E-state index contributed by atoms with van der Waals surface area (Å²) in [5.41, 5.74) is 5.02. The summed E-state index contributed by atoms with van der Waals surface area (Å²) < 4.78 is 2.18. The fourth-order valence-corrected chi connectivity index (χ4v) is 2.25. The van der Waals surface area contributed by atoms with Crippen LogP contribution in [-0.4, -0.2) is 4.57 Å². The van der Waals surface area contributed by atoms with Crippen LogP contribution in [0.3, 0.4) is 0 Å². The van der Waals surface area contributed by atoms with E-state index in [1.165, 1.54) is 22.4 Å². The molecule has 0 saturated heterocycles. The maximum Gasteiger partial charge on any atom is 0.0484 e. The first-order valence-electron chi connectivity index (χ1n) is 6.12. The van der Waals surface area contributed by atoms with Gasteiger partial charge in [0.1, 0.15) is 0 Å². The predicted molar refractivity (Wildman–Crippen MR) is 76.3 cm³/mol. The quantitative estimate of drug-likeness (QED) is 0.619. The van der Waals surface area contributed by atoms with Crippen LogP contribution in [0, 0.1) is 0 Å². The van der Waals surface area contributed by atoms with E-state index in [2.05, 4.69) is 72.4 Å². The molecule has 0 fully saturated rings. The standard InChI is InChI=1S/C17H15N/c1-18-13-16(14-8-4-2-5-9-14)12-17(18)15-10-6-3-7-11-15/h2-13H,1H3. The van der Waals surface area contributed by atoms with Crippen molar-refractivity contribution < 1.29 is 0 Å². The predicted octanol–water partition coefficient (Wildman–Crippen LogP) is 4.36. The second-order valence-corrected chi connectivity index (χ2v) is 4.46. The maximum absolute atomic E-state index is 2.24. The van der Waals surface area contributed by atoms with Crippen LogP contribution >= 0.6 is 0 Å². The molecule has 1 heteroatoms. The minimum Gasteiger partial charge on any atom is -0.350 e. The third kappa shape index (κ3) is 1.95. The highest BCUT2D eigenvalue weighted by atomic mass is 14.9. The molecule has 88 valence electrons. The second-order valence-electron chi connectivity index (χ2n) is 4.46. The lowest BCUT2D eigenvalue weighted by molar-refractivity contribution is 0.938. The second kappa shape index (κ2) is 4.53. The van der Waals surface area contributed by atoms with Crippen LogP contribution in [0.5, 0.6) is 0 Å². The van der Waals surface area contributed by atoms with Gasteiger partial charge in [-0.1, -0.05) is 60.7 Å². The van der Waals surface area contributed by atoms with E-state index in [-0.39, 0.29) is 0 Å². The van der Waals surface area contributed by atoms with E-state index in [1.807, 2.05) is 12.1 Å². The molecule has 0 aliphatic rings. The number of rotatable bonds is 2. The molecule has 0 N–H and O–H groups in total. The van der Waals surface area contributed by atoms with Gasteiger partial charge in [-0.05, 0) is 22.8 Å². The van der Waals surface area contributed by atoms with Crippen LogP contribution in [0.4, 0.5) is 0 Å². The Morgan fingerprint density at radius 2 is 1.22 bits per heavy atom. The van der Waals surface area contributed by atoms with Gasteiger partial charge in [0.05, 0.1) is 0 Å². The van der Waals surface area contributed by atoms with Gasteiger partial charge in [-0.2, -0.15) is 0 Å². The Morgan fingerprint density at radius 3 is 1.83 bits per heavy atom. The van der Waals surface area contributed by atoms with Gasteiger partial charge in [0.15, 0.2) is 0 Å². The fraction of sp³-hybridized carbons (Fsp3) is 0.0588. The smallest absolute Gasteiger partial charge is 0.0484 e. The lowest BCUT2D eigenvalue weighted by Crippen LogP contribution is -1.88. The average molecular weight is 233 g/mol. The van der Waals surface area contributed by atoms with Gasteiger partial charge in [-0.25, -0.2) is 0 Å². The van der Waals surface area contributed by atoms with Gasteiger partial charge >= 0.3 is 0 Å². The lowest BCUT2D eigenvalue weighted by Gasteiger charge is -2.01. The van der Waals surface area contributed by atoms with Crippen LogP contribution in [0.15, 0.2) is 72.9 Å². The molecule has 0 radical (unpaired) electrons. The van der Waals surface area contributed by atoms with Gasteiger partial charge < -0.3 is 4.57 Å². The summed E-state index contributed by atoms with van der Waals surface area (Å²) >= 11 is 0. The number of hydrogen-bond acceptors (Lipinski definition) is 0. The molecule has 0 saturated carbocycles. The highest BCUT2D eigenvalue weighted by molar-refractivity contribution is 5.71. The SMILES string of the molecule is Cn1cc(-c2ccccc2)cc1-c1ccccc1. The minimum atomic E-state index is 1.24.